The first-order valence-corrected chi connectivity index (χ1v) is 5.91. The zero-order chi connectivity index (χ0) is 11.5. The maximum Gasteiger partial charge on any atom is 0.335 e. The van der Waals surface area contributed by atoms with Crippen LogP contribution in [0.1, 0.15) is 16.2 Å². The topological polar surface area (TPSA) is 76.0 Å². The SMILES string of the molecule is Cc1nsc(Sc2cc(C(=O)O)ccn2)n1. The van der Waals surface area contributed by atoms with Crippen molar-refractivity contribution in [1.29, 1.82) is 0 Å². The van der Waals surface area contributed by atoms with Crippen molar-refractivity contribution in [3.8, 4) is 0 Å². The number of rotatable bonds is 3. The Hall–Kier alpha value is -1.47. The Balaban J connectivity index is 2.21. The van der Waals surface area contributed by atoms with Gasteiger partial charge in [-0.2, -0.15) is 4.37 Å². The average Bonchev–Trinajstić information content (AvgIpc) is 2.64. The van der Waals surface area contributed by atoms with E-state index in [0.29, 0.717) is 10.9 Å². The van der Waals surface area contributed by atoms with E-state index in [-0.39, 0.29) is 5.56 Å². The van der Waals surface area contributed by atoms with Crippen LogP contribution in [0.3, 0.4) is 0 Å². The minimum Gasteiger partial charge on any atom is -0.478 e. The lowest BCUT2D eigenvalue weighted by Crippen LogP contribution is -1.96. The summed E-state index contributed by atoms with van der Waals surface area (Å²) in [6.45, 7) is 1.81. The van der Waals surface area contributed by atoms with E-state index in [2.05, 4.69) is 14.3 Å². The summed E-state index contributed by atoms with van der Waals surface area (Å²) in [6, 6.07) is 2.97. The highest BCUT2D eigenvalue weighted by molar-refractivity contribution is 8.00. The van der Waals surface area contributed by atoms with Gasteiger partial charge in [0.15, 0.2) is 4.34 Å². The van der Waals surface area contributed by atoms with Gasteiger partial charge in [0, 0.05) is 6.20 Å². The number of carboxylic acids is 1. The third-order valence-corrected chi connectivity index (χ3v) is 3.46. The summed E-state index contributed by atoms with van der Waals surface area (Å²) in [5, 5.41) is 9.42. The number of carbonyl (C=O) groups is 1. The molecule has 0 radical (unpaired) electrons. The second kappa shape index (κ2) is 4.58. The summed E-state index contributed by atoms with van der Waals surface area (Å²) in [5.74, 6) is -0.250. The third-order valence-electron chi connectivity index (χ3n) is 1.68. The van der Waals surface area contributed by atoms with Crippen LogP contribution < -0.4 is 0 Å². The predicted molar refractivity (Wildman–Crippen MR) is 60.0 cm³/mol. The molecular weight excluding hydrogens is 246 g/mol. The van der Waals surface area contributed by atoms with Gasteiger partial charge in [-0.05, 0) is 42.4 Å². The monoisotopic (exact) mass is 253 g/mol. The molecule has 0 aliphatic heterocycles. The van der Waals surface area contributed by atoms with Crippen LogP contribution in [0.5, 0.6) is 0 Å². The summed E-state index contributed by atoms with van der Waals surface area (Å²) in [7, 11) is 0. The van der Waals surface area contributed by atoms with E-state index in [0.717, 1.165) is 4.34 Å². The Bertz CT molecular complexity index is 527. The smallest absolute Gasteiger partial charge is 0.335 e. The maximum atomic E-state index is 10.7. The average molecular weight is 253 g/mol. The van der Waals surface area contributed by atoms with Crippen molar-refractivity contribution in [3.05, 3.63) is 29.7 Å². The number of aromatic nitrogens is 3. The standard InChI is InChI=1S/C9H7N3O2S2/c1-5-11-9(16-12-5)15-7-4-6(8(13)14)2-3-10-7/h2-4H,1H3,(H,13,14). The first-order valence-electron chi connectivity index (χ1n) is 4.32. The lowest BCUT2D eigenvalue weighted by Gasteiger charge is -1.97. The van der Waals surface area contributed by atoms with Crippen molar-refractivity contribution in [2.45, 2.75) is 16.3 Å². The summed E-state index contributed by atoms with van der Waals surface area (Å²) in [4.78, 5) is 19.0. The van der Waals surface area contributed by atoms with E-state index in [4.69, 9.17) is 5.11 Å². The van der Waals surface area contributed by atoms with E-state index in [1.807, 2.05) is 6.92 Å². The second-order valence-electron chi connectivity index (χ2n) is 2.90. The van der Waals surface area contributed by atoms with Crippen molar-refractivity contribution in [3.63, 3.8) is 0 Å². The highest BCUT2D eigenvalue weighted by atomic mass is 32.2. The van der Waals surface area contributed by atoms with Gasteiger partial charge in [0.1, 0.15) is 10.9 Å². The molecule has 0 saturated carbocycles. The van der Waals surface area contributed by atoms with Crippen LogP contribution >= 0.6 is 23.3 Å². The van der Waals surface area contributed by atoms with E-state index in [9.17, 15) is 4.79 Å². The molecule has 0 atom stereocenters. The summed E-state index contributed by atoms with van der Waals surface area (Å²) < 4.78 is 4.79. The molecule has 0 bridgehead atoms. The van der Waals surface area contributed by atoms with Crippen LogP contribution in [-0.4, -0.2) is 25.4 Å². The van der Waals surface area contributed by atoms with Crippen molar-refractivity contribution in [2.75, 3.05) is 0 Å². The number of carboxylic acid groups (broad SMARTS) is 1. The van der Waals surface area contributed by atoms with Crippen molar-refractivity contribution in [2.24, 2.45) is 0 Å². The van der Waals surface area contributed by atoms with Gasteiger partial charge >= 0.3 is 5.97 Å². The molecule has 0 aliphatic rings. The molecule has 0 amide bonds. The number of pyridine rings is 1. The maximum absolute atomic E-state index is 10.7. The normalized spacial score (nSPS) is 10.3. The molecule has 0 unspecified atom stereocenters. The van der Waals surface area contributed by atoms with E-state index in [1.165, 1.54) is 41.6 Å². The van der Waals surface area contributed by atoms with Gasteiger partial charge in [0.25, 0.3) is 0 Å². The Morgan fingerprint density at radius 1 is 1.56 bits per heavy atom. The van der Waals surface area contributed by atoms with Crippen molar-refractivity contribution >= 4 is 29.3 Å². The van der Waals surface area contributed by atoms with Gasteiger partial charge in [-0.15, -0.1) is 0 Å². The van der Waals surface area contributed by atoms with Gasteiger partial charge in [-0.3, -0.25) is 0 Å². The van der Waals surface area contributed by atoms with Crippen LogP contribution in [0.25, 0.3) is 0 Å². The van der Waals surface area contributed by atoms with Gasteiger partial charge in [-0.25, -0.2) is 14.8 Å². The molecule has 0 saturated heterocycles. The number of nitrogens with zero attached hydrogens (tertiary/aromatic N) is 3. The van der Waals surface area contributed by atoms with E-state index >= 15 is 0 Å². The number of hydrogen-bond acceptors (Lipinski definition) is 6. The van der Waals surface area contributed by atoms with Crippen LogP contribution in [0.4, 0.5) is 0 Å². The fraction of sp³-hybridized carbons (Fsp3) is 0.111. The summed E-state index contributed by atoms with van der Waals surface area (Å²) >= 11 is 2.58. The second-order valence-corrected chi connectivity index (χ2v) is 4.92. The zero-order valence-corrected chi connectivity index (χ0v) is 9.88. The first kappa shape index (κ1) is 11.0. The molecule has 5 nitrogen and oxygen atoms in total. The van der Waals surface area contributed by atoms with Gasteiger partial charge < -0.3 is 5.11 Å². The molecular formula is C9H7N3O2S2. The highest BCUT2D eigenvalue weighted by Gasteiger charge is 2.07. The Morgan fingerprint density at radius 2 is 2.38 bits per heavy atom. The molecule has 2 rings (SSSR count). The molecule has 0 spiro atoms. The molecule has 82 valence electrons. The van der Waals surface area contributed by atoms with E-state index in [1.54, 1.807) is 0 Å². The largest absolute Gasteiger partial charge is 0.478 e. The van der Waals surface area contributed by atoms with Crippen LogP contribution in [-0.2, 0) is 0 Å². The van der Waals surface area contributed by atoms with Gasteiger partial charge in [-0.1, -0.05) is 0 Å². The number of aryl methyl sites for hydroxylation is 1. The molecule has 0 aromatic carbocycles. The fourth-order valence-electron chi connectivity index (χ4n) is 1.01. The number of hydrogen-bond donors (Lipinski definition) is 1. The molecule has 2 heterocycles. The fourth-order valence-corrected chi connectivity index (χ4v) is 2.60. The first-order chi connectivity index (χ1) is 7.65. The molecule has 0 aliphatic carbocycles. The third kappa shape index (κ3) is 2.56. The number of aromatic carboxylic acids is 1. The lowest BCUT2D eigenvalue weighted by molar-refractivity contribution is 0.0696. The van der Waals surface area contributed by atoms with Gasteiger partial charge in [0.05, 0.1) is 5.56 Å². The van der Waals surface area contributed by atoms with Crippen molar-refractivity contribution < 1.29 is 9.90 Å². The van der Waals surface area contributed by atoms with E-state index < -0.39 is 5.97 Å². The molecule has 0 fully saturated rings. The Kier molecular flexibility index (Phi) is 3.16. The molecule has 1 N–H and O–H groups in total. The Labute approximate surface area is 99.7 Å². The van der Waals surface area contributed by atoms with Crippen LogP contribution in [0, 0.1) is 6.92 Å². The summed E-state index contributed by atoms with van der Waals surface area (Å²) in [5.41, 5.74) is 0.221. The molecule has 2 aromatic heterocycles. The quantitative estimate of drug-likeness (QED) is 0.902. The minimum atomic E-state index is -0.960. The molecule has 7 heteroatoms. The van der Waals surface area contributed by atoms with Crippen LogP contribution in [0.15, 0.2) is 27.7 Å². The zero-order valence-electron chi connectivity index (χ0n) is 8.25. The summed E-state index contributed by atoms with van der Waals surface area (Å²) in [6.07, 6.45) is 1.47. The Morgan fingerprint density at radius 3 is 3.00 bits per heavy atom. The molecule has 2 aromatic rings. The molecule has 16 heavy (non-hydrogen) atoms. The highest BCUT2D eigenvalue weighted by Crippen LogP contribution is 2.27. The minimum absolute atomic E-state index is 0.221. The predicted octanol–water partition coefficient (Wildman–Crippen LogP) is 2.09. The van der Waals surface area contributed by atoms with Crippen LogP contribution in [0.2, 0.25) is 0 Å². The van der Waals surface area contributed by atoms with Gasteiger partial charge in [0.2, 0.25) is 0 Å². The van der Waals surface area contributed by atoms with Crippen molar-refractivity contribution in [1.82, 2.24) is 14.3 Å². The lowest BCUT2D eigenvalue weighted by atomic mass is 10.3.